The molecule has 0 atom stereocenters. The highest BCUT2D eigenvalue weighted by Gasteiger charge is 1.93. The molecule has 1 aromatic carbocycles. The van der Waals surface area contributed by atoms with Crippen LogP contribution in [0, 0.1) is 0 Å². The van der Waals surface area contributed by atoms with Gasteiger partial charge in [0.05, 0.1) is 6.61 Å². The predicted molar refractivity (Wildman–Crippen MR) is 68.8 cm³/mol. The van der Waals surface area contributed by atoms with Crippen molar-refractivity contribution >= 4 is 5.69 Å². The minimum atomic E-state index is 0.729. The van der Waals surface area contributed by atoms with Crippen LogP contribution in [0.4, 0.5) is 5.69 Å². The molecular formula is C13H23NO2. The molecule has 3 heteroatoms. The van der Waals surface area contributed by atoms with Crippen LogP contribution in [0.15, 0.2) is 24.3 Å². The van der Waals surface area contributed by atoms with Crippen molar-refractivity contribution in [1.29, 1.82) is 0 Å². The van der Waals surface area contributed by atoms with Crippen molar-refractivity contribution in [3.8, 4) is 5.75 Å². The van der Waals surface area contributed by atoms with Crippen molar-refractivity contribution in [1.82, 2.24) is 0 Å². The zero-order valence-electron chi connectivity index (χ0n) is 10.5. The van der Waals surface area contributed by atoms with Crippen LogP contribution in [0.5, 0.6) is 5.75 Å². The number of rotatable bonds is 6. The fraction of sp³-hybridized carbons (Fsp3) is 0.538. The summed E-state index contributed by atoms with van der Waals surface area (Å²) in [5, 5.41) is 0. The number of methoxy groups -OCH3 is 1. The second kappa shape index (κ2) is 10.3. The fourth-order valence-electron chi connectivity index (χ4n) is 1.10. The summed E-state index contributed by atoms with van der Waals surface area (Å²) in [7, 11) is 1.71. The van der Waals surface area contributed by atoms with Gasteiger partial charge < -0.3 is 15.2 Å². The maximum atomic E-state index is 5.55. The Morgan fingerprint density at radius 2 is 1.56 bits per heavy atom. The number of nitrogens with two attached hydrogens (primary N) is 1. The van der Waals surface area contributed by atoms with Gasteiger partial charge in [-0.3, -0.25) is 0 Å². The Hall–Kier alpha value is -1.22. The molecule has 0 heterocycles. The molecule has 92 valence electrons. The van der Waals surface area contributed by atoms with E-state index in [-0.39, 0.29) is 0 Å². The summed E-state index contributed by atoms with van der Waals surface area (Å²) in [5.41, 5.74) is 6.31. The third kappa shape index (κ3) is 7.12. The van der Waals surface area contributed by atoms with Gasteiger partial charge >= 0.3 is 0 Å². The Labute approximate surface area is 98.6 Å². The molecule has 0 saturated carbocycles. The van der Waals surface area contributed by atoms with E-state index in [0.29, 0.717) is 0 Å². The Kier molecular flexibility index (Phi) is 9.52. The third-order valence-electron chi connectivity index (χ3n) is 1.89. The molecular weight excluding hydrogens is 202 g/mol. The molecule has 1 rings (SSSR count). The number of hydrogen-bond donors (Lipinski definition) is 1. The molecule has 0 spiro atoms. The number of unbranched alkanes of at least 4 members (excludes halogenated alkanes) is 1. The van der Waals surface area contributed by atoms with Gasteiger partial charge in [0.1, 0.15) is 5.75 Å². The lowest BCUT2D eigenvalue weighted by Gasteiger charge is -2.05. The lowest BCUT2D eigenvalue weighted by atomic mass is 10.3. The van der Waals surface area contributed by atoms with E-state index >= 15 is 0 Å². The number of nitrogen functional groups attached to an aromatic ring is 1. The van der Waals surface area contributed by atoms with Crippen LogP contribution in [0.3, 0.4) is 0 Å². The first-order valence-electron chi connectivity index (χ1n) is 5.80. The smallest absolute Gasteiger partial charge is 0.119 e. The van der Waals surface area contributed by atoms with Crippen molar-refractivity contribution in [3.05, 3.63) is 24.3 Å². The van der Waals surface area contributed by atoms with Gasteiger partial charge in [0.15, 0.2) is 0 Å². The first-order valence-corrected chi connectivity index (χ1v) is 5.80. The normalized spacial score (nSPS) is 9.19. The van der Waals surface area contributed by atoms with Crippen molar-refractivity contribution in [2.45, 2.75) is 26.7 Å². The summed E-state index contributed by atoms with van der Waals surface area (Å²) in [6.45, 7) is 5.53. The summed E-state index contributed by atoms with van der Waals surface area (Å²) < 4.78 is 10.4. The highest BCUT2D eigenvalue weighted by atomic mass is 16.5. The van der Waals surface area contributed by atoms with E-state index < -0.39 is 0 Å². The van der Waals surface area contributed by atoms with Gasteiger partial charge in [-0.2, -0.15) is 0 Å². The van der Waals surface area contributed by atoms with Crippen LogP contribution in [0.1, 0.15) is 26.7 Å². The second-order valence-corrected chi connectivity index (χ2v) is 3.12. The number of hydrogen-bond acceptors (Lipinski definition) is 3. The van der Waals surface area contributed by atoms with Gasteiger partial charge in [-0.15, -0.1) is 0 Å². The molecule has 1 aromatic rings. The average Bonchev–Trinajstić information content (AvgIpc) is 2.34. The molecule has 0 aliphatic carbocycles. The van der Waals surface area contributed by atoms with E-state index in [0.717, 1.165) is 37.5 Å². The Bertz CT molecular complexity index is 247. The zero-order valence-corrected chi connectivity index (χ0v) is 10.5. The fourth-order valence-corrected chi connectivity index (χ4v) is 1.10. The standard InChI is InChI=1S/C11H17NO2.C2H6/c1-13-8-2-3-9-14-11-6-4-10(12)5-7-11;1-2/h4-7H,2-3,8-9,12H2,1H3;1-2H3. The zero-order chi connectivity index (χ0) is 12.2. The summed E-state index contributed by atoms with van der Waals surface area (Å²) in [6.07, 6.45) is 2.05. The molecule has 0 aliphatic heterocycles. The van der Waals surface area contributed by atoms with Crippen molar-refractivity contribution in [2.75, 3.05) is 26.1 Å². The summed E-state index contributed by atoms with van der Waals surface area (Å²) in [5.74, 6) is 0.872. The largest absolute Gasteiger partial charge is 0.494 e. The Morgan fingerprint density at radius 1 is 1.00 bits per heavy atom. The average molecular weight is 225 g/mol. The monoisotopic (exact) mass is 225 g/mol. The predicted octanol–water partition coefficient (Wildman–Crippen LogP) is 3.10. The van der Waals surface area contributed by atoms with Crippen LogP contribution in [0.25, 0.3) is 0 Å². The van der Waals surface area contributed by atoms with E-state index in [1.807, 2.05) is 38.1 Å². The van der Waals surface area contributed by atoms with E-state index in [1.54, 1.807) is 7.11 Å². The van der Waals surface area contributed by atoms with Crippen molar-refractivity contribution in [3.63, 3.8) is 0 Å². The number of ether oxygens (including phenoxy) is 2. The maximum Gasteiger partial charge on any atom is 0.119 e. The molecule has 3 nitrogen and oxygen atoms in total. The highest BCUT2D eigenvalue weighted by molar-refractivity contribution is 5.41. The summed E-state index contributed by atoms with van der Waals surface area (Å²) >= 11 is 0. The molecule has 0 aliphatic rings. The van der Waals surface area contributed by atoms with Crippen molar-refractivity contribution in [2.24, 2.45) is 0 Å². The Balaban J connectivity index is 0.00000106. The molecule has 16 heavy (non-hydrogen) atoms. The van der Waals surface area contributed by atoms with Crippen molar-refractivity contribution < 1.29 is 9.47 Å². The van der Waals surface area contributed by atoms with Crippen LogP contribution in [-0.4, -0.2) is 20.3 Å². The number of anilines is 1. The van der Waals surface area contributed by atoms with Crippen LogP contribution in [-0.2, 0) is 4.74 Å². The SMILES string of the molecule is CC.COCCCCOc1ccc(N)cc1. The quantitative estimate of drug-likeness (QED) is 0.597. The maximum absolute atomic E-state index is 5.55. The van der Waals surface area contributed by atoms with Gasteiger partial charge in [-0.1, -0.05) is 13.8 Å². The van der Waals surface area contributed by atoms with E-state index in [9.17, 15) is 0 Å². The van der Waals surface area contributed by atoms with Crippen LogP contribution >= 0.6 is 0 Å². The molecule has 0 aromatic heterocycles. The molecule has 0 unspecified atom stereocenters. The first kappa shape index (κ1) is 14.8. The van der Waals surface area contributed by atoms with E-state index in [2.05, 4.69) is 0 Å². The van der Waals surface area contributed by atoms with Gasteiger partial charge in [0.25, 0.3) is 0 Å². The molecule has 0 saturated heterocycles. The molecule has 0 fully saturated rings. The van der Waals surface area contributed by atoms with Gasteiger partial charge in [0, 0.05) is 19.4 Å². The first-order chi connectivity index (χ1) is 7.83. The third-order valence-corrected chi connectivity index (χ3v) is 1.89. The Morgan fingerprint density at radius 3 is 2.12 bits per heavy atom. The topological polar surface area (TPSA) is 44.5 Å². The van der Waals surface area contributed by atoms with Crippen LogP contribution < -0.4 is 10.5 Å². The van der Waals surface area contributed by atoms with Gasteiger partial charge in [-0.25, -0.2) is 0 Å². The molecule has 2 N–H and O–H groups in total. The van der Waals surface area contributed by atoms with E-state index in [1.165, 1.54) is 0 Å². The lowest BCUT2D eigenvalue weighted by Crippen LogP contribution is -1.99. The minimum absolute atomic E-state index is 0.729. The summed E-state index contributed by atoms with van der Waals surface area (Å²) in [4.78, 5) is 0. The summed E-state index contributed by atoms with van der Waals surface area (Å²) in [6, 6.07) is 7.44. The molecule has 0 radical (unpaired) electrons. The van der Waals surface area contributed by atoms with Gasteiger partial charge in [-0.05, 0) is 37.1 Å². The van der Waals surface area contributed by atoms with Gasteiger partial charge in [0.2, 0.25) is 0 Å². The lowest BCUT2D eigenvalue weighted by molar-refractivity contribution is 0.184. The number of benzene rings is 1. The molecule has 0 bridgehead atoms. The highest BCUT2D eigenvalue weighted by Crippen LogP contribution is 2.13. The van der Waals surface area contributed by atoms with E-state index in [4.69, 9.17) is 15.2 Å². The van der Waals surface area contributed by atoms with Crippen LogP contribution in [0.2, 0.25) is 0 Å². The molecule has 0 amide bonds. The second-order valence-electron chi connectivity index (χ2n) is 3.12. The minimum Gasteiger partial charge on any atom is -0.494 e.